The summed E-state index contributed by atoms with van der Waals surface area (Å²) in [6.07, 6.45) is 0. The van der Waals surface area contributed by atoms with Crippen molar-refractivity contribution in [3.63, 3.8) is 0 Å². The average Bonchev–Trinajstić information content (AvgIpc) is 1.82. The van der Waals surface area contributed by atoms with Crippen molar-refractivity contribution >= 4 is 5.91 Å². The maximum Gasteiger partial charge on any atom is 0.219 e. The predicted octanol–water partition coefficient (Wildman–Crippen LogP) is 0.501. The molecule has 0 unspecified atom stereocenters. The van der Waals surface area contributed by atoms with Crippen molar-refractivity contribution in [2.45, 2.75) is 13.8 Å². The summed E-state index contributed by atoms with van der Waals surface area (Å²) in [6, 6.07) is 0. The fourth-order valence-corrected chi connectivity index (χ4v) is 1.54. The van der Waals surface area contributed by atoms with Gasteiger partial charge >= 0.3 is 0 Å². The standard InChI is InChI=1S/C8H15NO2/c1-7(10)9-4-8(2,5-9)6-11-3/h4-6H2,1-3H3. The molecule has 64 valence electrons. The van der Waals surface area contributed by atoms with Crippen LogP contribution in [0.1, 0.15) is 13.8 Å². The van der Waals surface area contributed by atoms with E-state index in [0.29, 0.717) is 0 Å². The highest BCUT2D eigenvalue weighted by atomic mass is 16.5. The van der Waals surface area contributed by atoms with Crippen molar-refractivity contribution in [1.29, 1.82) is 0 Å². The first-order valence-electron chi connectivity index (χ1n) is 3.82. The lowest BCUT2D eigenvalue weighted by Gasteiger charge is -2.47. The van der Waals surface area contributed by atoms with Gasteiger partial charge in [0.15, 0.2) is 0 Å². The van der Waals surface area contributed by atoms with Crippen LogP contribution in [0.4, 0.5) is 0 Å². The Kier molecular flexibility index (Phi) is 2.18. The molecule has 3 heteroatoms. The molecule has 0 bridgehead atoms. The molecule has 0 N–H and O–H groups in total. The summed E-state index contributed by atoms with van der Waals surface area (Å²) in [4.78, 5) is 12.6. The highest BCUT2D eigenvalue weighted by molar-refractivity contribution is 5.74. The third-order valence-electron chi connectivity index (χ3n) is 2.08. The highest BCUT2D eigenvalue weighted by Gasteiger charge is 2.39. The molecule has 3 nitrogen and oxygen atoms in total. The Morgan fingerprint density at radius 3 is 2.55 bits per heavy atom. The van der Waals surface area contributed by atoms with Crippen molar-refractivity contribution in [2.75, 3.05) is 26.8 Å². The Hall–Kier alpha value is -0.570. The summed E-state index contributed by atoms with van der Waals surface area (Å²) in [5, 5.41) is 0. The third kappa shape index (κ3) is 1.71. The van der Waals surface area contributed by atoms with Crippen molar-refractivity contribution in [3.8, 4) is 0 Å². The number of ether oxygens (including phenoxy) is 1. The molecule has 0 saturated carbocycles. The van der Waals surface area contributed by atoms with E-state index >= 15 is 0 Å². The Bertz CT molecular complexity index is 161. The molecule has 1 aliphatic heterocycles. The van der Waals surface area contributed by atoms with Crippen LogP contribution in [-0.2, 0) is 9.53 Å². The number of nitrogens with zero attached hydrogens (tertiary/aromatic N) is 1. The van der Waals surface area contributed by atoms with Gasteiger partial charge in [-0.3, -0.25) is 4.79 Å². The largest absolute Gasteiger partial charge is 0.384 e. The number of carbonyl (C=O) groups excluding carboxylic acids is 1. The van der Waals surface area contributed by atoms with E-state index in [-0.39, 0.29) is 11.3 Å². The minimum atomic E-state index is 0.165. The summed E-state index contributed by atoms with van der Waals surface area (Å²) >= 11 is 0. The first-order chi connectivity index (χ1) is 5.07. The van der Waals surface area contributed by atoms with Crippen LogP contribution in [-0.4, -0.2) is 37.6 Å². The molecular weight excluding hydrogens is 142 g/mol. The Labute approximate surface area is 67.3 Å². The maximum absolute atomic E-state index is 10.8. The Balaban J connectivity index is 2.31. The van der Waals surface area contributed by atoms with Gasteiger partial charge in [-0.25, -0.2) is 0 Å². The molecule has 0 aromatic heterocycles. The van der Waals surface area contributed by atoms with Gasteiger partial charge in [-0.15, -0.1) is 0 Å². The van der Waals surface area contributed by atoms with Crippen molar-refractivity contribution < 1.29 is 9.53 Å². The first-order valence-corrected chi connectivity index (χ1v) is 3.82. The molecule has 0 aliphatic carbocycles. The number of likely N-dealkylation sites (tertiary alicyclic amines) is 1. The van der Waals surface area contributed by atoms with Gasteiger partial charge in [0, 0.05) is 32.5 Å². The van der Waals surface area contributed by atoms with Crippen LogP contribution in [0.15, 0.2) is 0 Å². The summed E-state index contributed by atoms with van der Waals surface area (Å²) in [5.74, 6) is 0.165. The fraction of sp³-hybridized carbons (Fsp3) is 0.875. The zero-order valence-electron chi connectivity index (χ0n) is 7.39. The van der Waals surface area contributed by atoms with E-state index in [2.05, 4.69) is 6.92 Å². The van der Waals surface area contributed by atoms with E-state index in [1.165, 1.54) is 0 Å². The Morgan fingerprint density at radius 2 is 2.18 bits per heavy atom. The molecule has 0 spiro atoms. The lowest BCUT2D eigenvalue weighted by molar-refractivity contribution is -0.143. The van der Waals surface area contributed by atoms with Crippen molar-refractivity contribution in [1.82, 2.24) is 4.90 Å². The number of hydrogen-bond donors (Lipinski definition) is 0. The van der Waals surface area contributed by atoms with Gasteiger partial charge in [0.2, 0.25) is 5.91 Å². The minimum absolute atomic E-state index is 0.165. The van der Waals surface area contributed by atoms with Crippen LogP contribution in [0.2, 0.25) is 0 Å². The molecule has 0 radical (unpaired) electrons. The predicted molar refractivity (Wildman–Crippen MR) is 42.2 cm³/mol. The van der Waals surface area contributed by atoms with E-state index < -0.39 is 0 Å². The molecule has 1 saturated heterocycles. The topological polar surface area (TPSA) is 29.5 Å². The highest BCUT2D eigenvalue weighted by Crippen LogP contribution is 2.29. The molecular formula is C8H15NO2. The number of rotatable bonds is 2. The van der Waals surface area contributed by atoms with Crippen LogP contribution in [0, 0.1) is 5.41 Å². The second-order valence-electron chi connectivity index (χ2n) is 3.62. The van der Waals surface area contributed by atoms with Gasteiger partial charge in [0.1, 0.15) is 0 Å². The van der Waals surface area contributed by atoms with Gasteiger partial charge < -0.3 is 9.64 Å². The first kappa shape index (κ1) is 8.53. The van der Waals surface area contributed by atoms with Crippen molar-refractivity contribution in [3.05, 3.63) is 0 Å². The average molecular weight is 157 g/mol. The van der Waals surface area contributed by atoms with E-state index in [0.717, 1.165) is 19.7 Å². The van der Waals surface area contributed by atoms with Gasteiger partial charge in [0.25, 0.3) is 0 Å². The number of methoxy groups -OCH3 is 1. The molecule has 1 fully saturated rings. The molecule has 1 aliphatic rings. The normalized spacial score (nSPS) is 21.2. The van der Waals surface area contributed by atoms with Gasteiger partial charge in [-0.1, -0.05) is 6.92 Å². The smallest absolute Gasteiger partial charge is 0.219 e. The van der Waals surface area contributed by atoms with Gasteiger partial charge in [-0.2, -0.15) is 0 Å². The summed E-state index contributed by atoms with van der Waals surface area (Å²) in [7, 11) is 1.70. The van der Waals surface area contributed by atoms with Crippen LogP contribution >= 0.6 is 0 Å². The van der Waals surface area contributed by atoms with Crippen LogP contribution in [0.25, 0.3) is 0 Å². The summed E-state index contributed by atoms with van der Waals surface area (Å²) in [6.45, 7) is 6.17. The molecule has 1 heterocycles. The lowest BCUT2D eigenvalue weighted by atomic mass is 9.83. The SMILES string of the molecule is COCC1(C)CN(C(C)=O)C1. The number of amides is 1. The monoisotopic (exact) mass is 157 g/mol. The fourth-order valence-electron chi connectivity index (χ4n) is 1.54. The number of carbonyl (C=O) groups is 1. The van der Waals surface area contributed by atoms with E-state index in [1.807, 2.05) is 4.90 Å². The minimum Gasteiger partial charge on any atom is -0.384 e. The number of hydrogen-bond acceptors (Lipinski definition) is 2. The second-order valence-corrected chi connectivity index (χ2v) is 3.62. The van der Waals surface area contributed by atoms with Gasteiger partial charge in [-0.05, 0) is 0 Å². The van der Waals surface area contributed by atoms with Crippen LogP contribution in [0.3, 0.4) is 0 Å². The molecule has 11 heavy (non-hydrogen) atoms. The quantitative estimate of drug-likeness (QED) is 0.584. The van der Waals surface area contributed by atoms with Crippen molar-refractivity contribution in [2.24, 2.45) is 5.41 Å². The molecule has 0 atom stereocenters. The van der Waals surface area contributed by atoms with Crippen LogP contribution < -0.4 is 0 Å². The van der Waals surface area contributed by atoms with E-state index in [4.69, 9.17) is 4.74 Å². The molecule has 0 aromatic carbocycles. The second kappa shape index (κ2) is 2.81. The zero-order chi connectivity index (χ0) is 8.48. The molecule has 1 rings (SSSR count). The Morgan fingerprint density at radius 1 is 1.64 bits per heavy atom. The third-order valence-corrected chi connectivity index (χ3v) is 2.08. The molecule has 0 aromatic rings. The maximum atomic E-state index is 10.8. The van der Waals surface area contributed by atoms with Gasteiger partial charge in [0.05, 0.1) is 6.61 Å². The molecule has 1 amide bonds. The zero-order valence-corrected chi connectivity index (χ0v) is 7.39. The van der Waals surface area contributed by atoms with E-state index in [1.54, 1.807) is 14.0 Å². The van der Waals surface area contributed by atoms with Crippen LogP contribution in [0.5, 0.6) is 0 Å². The summed E-state index contributed by atoms with van der Waals surface area (Å²) < 4.78 is 5.04. The van der Waals surface area contributed by atoms with E-state index in [9.17, 15) is 4.79 Å². The summed E-state index contributed by atoms with van der Waals surface area (Å²) in [5.41, 5.74) is 0.209. The lowest BCUT2D eigenvalue weighted by Crippen LogP contribution is -2.58.